The highest BCUT2D eigenvalue weighted by molar-refractivity contribution is 7.09. The van der Waals surface area contributed by atoms with E-state index in [0.717, 1.165) is 10.7 Å². The largest absolute Gasteiger partial charge is 0.383 e. The lowest BCUT2D eigenvalue weighted by Crippen LogP contribution is -2.28. The van der Waals surface area contributed by atoms with Crippen LogP contribution in [0.25, 0.3) is 0 Å². The SMILES string of the molecule is COCCNC(=O)Cc1nc(C)cs1. The first-order chi connectivity index (χ1) is 6.72. The number of nitrogens with zero attached hydrogens (tertiary/aromatic N) is 1. The van der Waals surface area contributed by atoms with E-state index in [9.17, 15) is 4.79 Å². The van der Waals surface area contributed by atoms with E-state index in [-0.39, 0.29) is 5.91 Å². The van der Waals surface area contributed by atoms with Crippen LogP contribution in [0.2, 0.25) is 0 Å². The quantitative estimate of drug-likeness (QED) is 0.736. The molecule has 0 bridgehead atoms. The lowest BCUT2D eigenvalue weighted by molar-refractivity contribution is -0.120. The van der Waals surface area contributed by atoms with Crippen molar-refractivity contribution >= 4 is 17.2 Å². The number of amides is 1. The fourth-order valence-corrected chi connectivity index (χ4v) is 1.75. The van der Waals surface area contributed by atoms with E-state index in [1.807, 2.05) is 12.3 Å². The van der Waals surface area contributed by atoms with Crippen LogP contribution in [-0.4, -0.2) is 31.2 Å². The maximum absolute atomic E-state index is 11.3. The first kappa shape index (κ1) is 11.1. The van der Waals surface area contributed by atoms with Gasteiger partial charge in [-0.15, -0.1) is 11.3 Å². The number of thiazole rings is 1. The monoisotopic (exact) mass is 214 g/mol. The summed E-state index contributed by atoms with van der Waals surface area (Å²) in [7, 11) is 1.61. The molecule has 4 nitrogen and oxygen atoms in total. The molecule has 0 fully saturated rings. The van der Waals surface area contributed by atoms with Gasteiger partial charge in [0.15, 0.2) is 0 Å². The van der Waals surface area contributed by atoms with Crippen LogP contribution in [-0.2, 0) is 16.0 Å². The van der Waals surface area contributed by atoms with Crippen LogP contribution >= 0.6 is 11.3 Å². The van der Waals surface area contributed by atoms with Crippen LogP contribution in [0.4, 0.5) is 0 Å². The second kappa shape index (κ2) is 5.72. The molecule has 0 aliphatic carbocycles. The predicted molar refractivity (Wildman–Crippen MR) is 55.4 cm³/mol. The molecule has 1 aromatic heterocycles. The zero-order chi connectivity index (χ0) is 10.4. The third-order valence-corrected chi connectivity index (χ3v) is 2.57. The Kier molecular flexibility index (Phi) is 4.55. The number of carbonyl (C=O) groups is 1. The summed E-state index contributed by atoms with van der Waals surface area (Å²) in [5.41, 5.74) is 0.967. The van der Waals surface area contributed by atoms with Gasteiger partial charge in [-0.1, -0.05) is 0 Å². The summed E-state index contributed by atoms with van der Waals surface area (Å²) >= 11 is 1.51. The smallest absolute Gasteiger partial charge is 0.226 e. The Morgan fingerprint density at radius 1 is 1.71 bits per heavy atom. The van der Waals surface area contributed by atoms with Crippen molar-refractivity contribution in [2.75, 3.05) is 20.3 Å². The minimum atomic E-state index is -0.00333. The molecule has 0 aliphatic rings. The van der Waals surface area contributed by atoms with Gasteiger partial charge in [0.05, 0.1) is 13.0 Å². The van der Waals surface area contributed by atoms with Gasteiger partial charge >= 0.3 is 0 Å². The van der Waals surface area contributed by atoms with E-state index in [1.165, 1.54) is 11.3 Å². The highest BCUT2D eigenvalue weighted by Gasteiger charge is 2.05. The second-order valence-corrected chi connectivity index (χ2v) is 3.84. The molecule has 0 spiro atoms. The molecule has 78 valence electrons. The van der Waals surface area contributed by atoms with Crippen LogP contribution in [0.1, 0.15) is 10.7 Å². The third-order valence-electron chi connectivity index (χ3n) is 1.61. The summed E-state index contributed by atoms with van der Waals surface area (Å²) < 4.78 is 4.82. The average molecular weight is 214 g/mol. The lowest BCUT2D eigenvalue weighted by Gasteiger charge is -2.01. The molecule has 0 aliphatic heterocycles. The van der Waals surface area contributed by atoms with Crippen molar-refractivity contribution in [2.24, 2.45) is 0 Å². The van der Waals surface area contributed by atoms with Crippen LogP contribution in [0, 0.1) is 6.92 Å². The van der Waals surface area contributed by atoms with Crippen molar-refractivity contribution in [3.05, 3.63) is 16.1 Å². The molecule has 0 saturated carbocycles. The minimum Gasteiger partial charge on any atom is -0.383 e. The molecule has 0 aromatic carbocycles. The Morgan fingerprint density at radius 3 is 3.07 bits per heavy atom. The van der Waals surface area contributed by atoms with Crippen molar-refractivity contribution in [1.29, 1.82) is 0 Å². The summed E-state index contributed by atoms with van der Waals surface area (Å²) in [6.07, 6.45) is 0.363. The summed E-state index contributed by atoms with van der Waals surface area (Å²) in [5.74, 6) is -0.00333. The third kappa shape index (κ3) is 3.85. The molecule has 1 rings (SSSR count). The molecule has 14 heavy (non-hydrogen) atoms. The normalized spacial score (nSPS) is 10.1. The summed E-state index contributed by atoms with van der Waals surface area (Å²) in [4.78, 5) is 15.5. The number of aromatic nitrogens is 1. The Bertz CT molecular complexity index is 299. The van der Waals surface area contributed by atoms with Gasteiger partial charge < -0.3 is 10.1 Å². The van der Waals surface area contributed by atoms with E-state index in [0.29, 0.717) is 19.6 Å². The van der Waals surface area contributed by atoms with Gasteiger partial charge in [0.25, 0.3) is 0 Å². The number of aryl methyl sites for hydroxylation is 1. The summed E-state index contributed by atoms with van der Waals surface area (Å²) in [6.45, 7) is 3.02. The lowest BCUT2D eigenvalue weighted by atomic mass is 10.4. The van der Waals surface area contributed by atoms with Crippen LogP contribution in [0.3, 0.4) is 0 Å². The number of carbonyl (C=O) groups excluding carboxylic acids is 1. The van der Waals surface area contributed by atoms with Crippen LogP contribution in [0.5, 0.6) is 0 Å². The van der Waals surface area contributed by atoms with Crippen molar-refractivity contribution in [3.8, 4) is 0 Å². The molecule has 0 unspecified atom stereocenters. The van der Waals surface area contributed by atoms with E-state index < -0.39 is 0 Å². The van der Waals surface area contributed by atoms with Gasteiger partial charge in [-0.05, 0) is 6.92 Å². The highest BCUT2D eigenvalue weighted by Crippen LogP contribution is 2.08. The Hall–Kier alpha value is -0.940. The molecular formula is C9H14N2O2S. The fraction of sp³-hybridized carbons (Fsp3) is 0.556. The van der Waals surface area contributed by atoms with Crippen molar-refractivity contribution < 1.29 is 9.53 Å². The summed E-state index contributed by atoms with van der Waals surface area (Å²) in [6, 6.07) is 0. The number of ether oxygens (including phenoxy) is 1. The van der Waals surface area contributed by atoms with Crippen LogP contribution < -0.4 is 5.32 Å². The first-order valence-electron chi connectivity index (χ1n) is 4.39. The molecule has 5 heteroatoms. The topological polar surface area (TPSA) is 51.2 Å². The van der Waals surface area contributed by atoms with E-state index in [4.69, 9.17) is 4.74 Å². The van der Waals surface area contributed by atoms with Crippen LogP contribution in [0.15, 0.2) is 5.38 Å². The van der Waals surface area contributed by atoms with E-state index in [2.05, 4.69) is 10.3 Å². The Morgan fingerprint density at radius 2 is 2.50 bits per heavy atom. The zero-order valence-corrected chi connectivity index (χ0v) is 9.19. The van der Waals surface area contributed by atoms with Gasteiger partial charge in [-0.25, -0.2) is 4.98 Å². The van der Waals surface area contributed by atoms with Crippen molar-refractivity contribution in [2.45, 2.75) is 13.3 Å². The highest BCUT2D eigenvalue weighted by atomic mass is 32.1. The molecular weight excluding hydrogens is 200 g/mol. The van der Waals surface area contributed by atoms with Crippen molar-refractivity contribution in [1.82, 2.24) is 10.3 Å². The molecule has 1 heterocycles. The Labute approximate surface area is 87.3 Å². The van der Waals surface area contributed by atoms with Gasteiger partial charge in [-0.2, -0.15) is 0 Å². The second-order valence-electron chi connectivity index (χ2n) is 2.90. The average Bonchev–Trinajstić information content (AvgIpc) is 2.52. The first-order valence-corrected chi connectivity index (χ1v) is 5.27. The molecule has 0 radical (unpaired) electrons. The standard InChI is InChI=1S/C9H14N2O2S/c1-7-6-14-9(11-7)5-8(12)10-3-4-13-2/h6H,3-5H2,1-2H3,(H,10,12). The van der Waals surface area contributed by atoms with Gasteiger partial charge in [0.1, 0.15) is 5.01 Å². The van der Waals surface area contributed by atoms with Gasteiger partial charge in [-0.3, -0.25) is 4.79 Å². The summed E-state index contributed by atoms with van der Waals surface area (Å²) in [5, 5.41) is 5.54. The molecule has 1 amide bonds. The predicted octanol–water partition coefficient (Wildman–Crippen LogP) is 0.757. The number of hydrogen-bond acceptors (Lipinski definition) is 4. The molecule has 1 N–H and O–H groups in total. The molecule has 0 atom stereocenters. The number of rotatable bonds is 5. The molecule has 0 saturated heterocycles. The number of methoxy groups -OCH3 is 1. The van der Waals surface area contributed by atoms with E-state index >= 15 is 0 Å². The van der Waals surface area contributed by atoms with E-state index in [1.54, 1.807) is 7.11 Å². The number of hydrogen-bond donors (Lipinski definition) is 1. The maximum atomic E-state index is 11.3. The van der Waals surface area contributed by atoms with Gasteiger partial charge in [0, 0.05) is 24.7 Å². The molecule has 1 aromatic rings. The Balaban J connectivity index is 2.27. The van der Waals surface area contributed by atoms with Crippen molar-refractivity contribution in [3.63, 3.8) is 0 Å². The zero-order valence-electron chi connectivity index (χ0n) is 8.37. The minimum absolute atomic E-state index is 0.00333. The van der Waals surface area contributed by atoms with Gasteiger partial charge in [0.2, 0.25) is 5.91 Å². The fourth-order valence-electron chi connectivity index (χ4n) is 0.976. The number of nitrogens with one attached hydrogen (secondary N) is 1. The maximum Gasteiger partial charge on any atom is 0.226 e.